The average Bonchev–Trinajstić information content (AvgIpc) is 3.10. The quantitative estimate of drug-likeness (QED) is 0.599. The van der Waals surface area contributed by atoms with Gasteiger partial charge in [-0.2, -0.15) is 0 Å². The van der Waals surface area contributed by atoms with Gasteiger partial charge in [-0.25, -0.2) is 4.39 Å². The topological polar surface area (TPSA) is 44.5 Å². The first-order valence-electron chi connectivity index (χ1n) is 6.40. The summed E-state index contributed by atoms with van der Waals surface area (Å²) in [6.07, 6.45) is 3.06. The maximum atomic E-state index is 13.7. The van der Waals surface area contributed by atoms with Crippen molar-refractivity contribution < 1.29 is 13.9 Å². The molecule has 18 heavy (non-hydrogen) atoms. The second kappa shape index (κ2) is 6.16. The van der Waals surface area contributed by atoms with Gasteiger partial charge in [0.2, 0.25) is 0 Å². The monoisotopic (exact) mass is 253 g/mol. The molecule has 0 heterocycles. The summed E-state index contributed by atoms with van der Waals surface area (Å²) in [5.74, 6) is 0.589. The Morgan fingerprint density at radius 1 is 1.44 bits per heavy atom. The summed E-state index contributed by atoms with van der Waals surface area (Å²) in [6.45, 7) is 2.69. The third kappa shape index (κ3) is 3.96. The molecule has 0 aliphatic heterocycles. The van der Waals surface area contributed by atoms with E-state index >= 15 is 0 Å². The Kier molecular flexibility index (Phi) is 4.55. The highest BCUT2D eigenvalue weighted by Gasteiger charge is 2.21. The number of nitrogens with two attached hydrogens (primary N) is 1. The van der Waals surface area contributed by atoms with Crippen molar-refractivity contribution in [1.82, 2.24) is 0 Å². The van der Waals surface area contributed by atoms with E-state index in [4.69, 9.17) is 15.2 Å². The van der Waals surface area contributed by atoms with E-state index in [9.17, 15) is 4.39 Å². The zero-order chi connectivity index (χ0) is 13.0. The van der Waals surface area contributed by atoms with Crippen molar-refractivity contribution in [3.8, 4) is 5.75 Å². The molecule has 1 saturated carbocycles. The van der Waals surface area contributed by atoms with Crippen molar-refractivity contribution in [1.29, 1.82) is 0 Å². The summed E-state index contributed by atoms with van der Waals surface area (Å²) in [5.41, 5.74) is 6.53. The van der Waals surface area contributed by atoms with E-state index in [1.807, 2.05) is 13.0 Å². The summed E-state index contributed by atoms with van der Waals surface area (Å²) >= 11 is 0. The summed E-state index contributed by atoms with van der Waals surface area (Å²) in [4.78, 5) is 0. The molecule has 1 aromatic rings. The van der Waals surface area contributed by atoms with Crippen molar-refractivity contribution >= 4 is 0 Å². The second-order valence-electron chi connectivity index (χ2n) is 4.99. The zero-order valence-electron chi connectivity index (χ0n) is 10.7. The van der Waals surface area contributed by atoms with Crippen molar-refractivity contribution in [3.63, 3.8) is 0 Å². The van der Waals surface area contributed by atoms with E-state index in [0.717, 1.165) is 5.56 Å². The fraction of sp³-hybridized carbons (Fsp3) is 0.571. The molecular weight excluding hydrogens is 233 g/mol. The average molecular weight is 253 g/mol. The predicted octanol–water partition coefficient (Wildman–Crippen LogP) is 2.48. The van der Waals surface area contributed by atoms with Crippen LogP contribution in [0.3, 0.4) is 0 Å². The van der Waals surface area contributed by atoms with Gasteiger partial charge in [0, 0.05) is 6.04 Å². The molecule has 4 heteroatoms. The van der Waals surface area contributed by atoms with Gasteiger partial charge >= 0.3 is 0 Å². The summed E-state index contributed by atoms with van der Waals surface area (Å²) < 4.78 is 24.4. The first kappa shape index (κ1) is 13.3. The normalized spacial score (nSPS) is 16.6. The fourth-order valence-corrected chi connectivity index (χ4v) is 1.82. The third-order valence-corrected chi connectivity index (χ3v) is 2.93. The Morgan fingerprint density at radius 2 is 2.22 bits per heavy atom. The highest BCUT2D eigenvalue weighted by atomic mass is 19.1. The lowest BCUT2D eigenvalue weighted by atomic mass is 10.1. The van der Waals surface area contributed by atoms with E-state index in [-0.39, 0.29) is 24.4 Å². The molecule has 1 atom stereocenters. The Morgan fingerprint density at radius 3 is 2.89 bits per heavy atom. The smallest absolute Gasteiger partial charge is 0.189 e. The fourth-order valence-electron chi connectivity index (χ4n) is 1.82. The molecule has 0 amide bonds. The van der Waals surface area contributed by atoms with Gasteiger partial charge in [-0.1, -0.05) is 12.1 Å². The molecular formula is C14H20FNO2. The van der Waals surface area contributed by atoms with Gasteiger partial charge in [0.15, 0.2) is 18.4 Å². The molecule has 1 fully saturated rings. The number of rotatable bonds is 7. The SMILES string of the molecule is CC(N)Cc1cccc(F)c1OCOCC1CC1. The number of halogens is 1. The van der Waals surface area contributed by atoms with Crippen molar-refractivity contribution in [2.75, 3.05) is 13.4 Å². The van der Waals surface area contributed by atoms with Gasteiger partial charge in [-0.05, 0) is 43.7 Å². The summed E-state index contributed by atoms with van der Waals surface area (Å²) in [6, 6.07) is 4.87. The maximum Gasteiger partial charge on any atom is 0.189 e. The maximum absolute atomic E-state index is 13.7. The van der Waals surface area contributed by atoms with Crippen LogP contribution in [-0.2, 0) is 11.2 Å². The van der Waals surface area contributed by atoms with Crippen LogP contribution in [0.4, 0.5) is 4.39 Å². The Bertz CT molecular complexity index is 391. The van der Waals surface area contributed by atoms with E-state index in [1.165, 1.54) is 18.9 Å². The molecule has 2 rings (SSSR count). The molecule has 1 aliphatic rings. The summed E-state index contributed by atoms with van der Waals surface area (Å²) in [5, 5.41) is 0. The Hall–Kier alpha value is -1.13. The van der Waals surface area contributed by atoms with Crippen LogP contribution in [-0.4, -0.2) is 19.4 Å². The molecule has 2 N–H and O–H groups in total. The van der Waals surface area contributed by atoms with Crippen molar-refractivity contribution in [2.45, 2.75) is 32.2 Å². The van der Waals surface area contributed by atoms with Crippen LogP contribution in [0.25, 0.3) is 0 Å². The van der Waals surface area contributed by atoms with E-state index in [0.29, 0.717) is 18.9 Å². The van der Waals surface area contributed by atoms with Gasteiger partial charge in [-0.15, -0.1) is 0 Å². The molecule has 0 bridgehead atoms. The van der Waals surface area contributed by atoms with E-state index in [2.05, 4.69) is 0 Å². The Balaban J connectivity index is 1.90. The predicted molar refractivity (Wildman–Crippen MR) is 67.9 cm³/mol. The molecule has 0 saturated heterocycles. The molecule has 100 valence electrons. The molecule has 1 unspecified atom stereocenters. The van der Waals surface area contributed by atoms with Crippen LogP contribution < -0.4 is 10.5 Å². The molecule has 3 nitrogen and oxygen atoms in total. The van der Waals surface area contributed by atoms with Crippen LogP contribution in [0.15, 0.2) is 18.2 Å². The van der Waals surface area contributed by atoms with E-state index < -0.39 is 0 Å². The highest BCUT2D eigenvalue weighted by molar-refractivity contribution is 5.35. The van der Waals surface area contributed by atoms with E-state index in [1.54, 1.807) is 6.07 Å². The number of hydrogen-bond acceptors (Lipinski definition) is 3. The van der Waals surface area contributed by atoms with Crippen LogP contribution in [0.5, 0.6) is 5.75 Å². The third-order valence-electron chi connectivity index (χ3n) is 2.93. The Labute approximate surface area is 107 Å². The second-order valence-corrected chi connectivity index (χ2v) is 4.99. The number of para-hydroxylation sites is 1. The lowest BCUT2D eigenvalue weighted by Gasteiger charge is -2.13. The lowest BCUT2D eigenvalue weighted by Crippen LogP contribution is -2.19. The highest BCUT2D eigenvalue weighted by Crippen LogP contribution is 2.29. The minimum absolute atomic E-state index is 0.0264. The van der Waals surface area contributed by atoms with Crippen LogP contribution in [0, 0.1) is 11.7 Å². The van der Waals surface area contributed by atoms with Crippen molar-refractivity contribution in [3.05, 3.63) is 29.6 Å². The lowest BCUT2D eigenvalue weighted by molar-refractivity contribution is 0.00734. The van der Waals surface area contributed by atoms with Gasteiger partial charge in [0.1, 0.15) is 0 Å². The minimum Gasteiger partial charge on any atom is -0.464 e. The molecule has 0 radical (unpaired) electrons. The van der Waals surface area contributed by atoms with Crippen LogP contribution >= 0.6 is 0 Å². The van der Waals surface area contributed by atoms with Crippen molar-refractivity contribution in [2.24, 2.45) is 11.7 Å². The summed E-state index contributed by atoms with van der Waals surface area (Å²) in [7, 11) is 0. The van der Waals surface area contributed by atoms with Gasteiger partial charge in [-0.3, -0.25) is 0 Å². The van der Waals surface area contributed by atoms with Gasteiger partial charge < -0.3 is 15.2 Å². The largest absolute Gasteiger partial charge is 0.464 e. The van der Waals surface area contributed by atoms with Crippen LogP contribution in [0.1, 0.15) is 25.3 Å². The molecule has 1 aromatic carbocycles. The number of ether oxygens (including phenoxy) is 2. The first-order valence-corrected chi connectivity index (χ1v) is 6.40. The molecule has 0 spiro atoms. The number of benzene rings is 1. The standard InChI is InChI=1S/C14H20FNO2/c1-10(16)7-12-3-2-4-13(15)14(12)18-9-17-8-11-5-6-11/h2-4,10-11H,5-9,16H2,1H3. The first-order chi connectivity index (χ1) is 8.66. The number of hydrogen-bond donors (Lipinski definition) is 1. The van der Waals surface area contributed by atoms with Gasteiger partial charge in [0.05, 0.1) is 6.61 Å². The molecule has 1 aliphatic carbocycles. The minimum atomic E-state index is -0.358. The zero-order valence-corrected chi connectivity index (χ0v) is 10.7. The van der Waals surface area contributed by atoms with Crippen LogP contribution in [0.2, 0.25) is 0 Å². The molecule has 0 aromatic heterocycles. The van der Waals surface area contributed by atoms with Gasteiger partial charge in [0.25, 0.3) is 0 Å².